The van der Waals surface area contributed by atoms with Crippen LogP contribution < -0.4 is 5.32 Å². The van der Waals surface area contributed by atoms with Crippen LogP contribution in [0.5, 0.6) is 5.75 Å². The molecule has 0 aliphatic rings. The Morgan fingerprint density at radius 1 is 1.31 bits per heavy atom. The van der Waals surface area contributed by atoms with E-state index >= 15 is 0 Å². The number of nitrogens with one attached hydrogen (secondary N) is 1. The third-order valence-electron chi connectivity index (χ3n) is 2.45. The second-order valence-electron chi connectivity index (χ2n) is 3.72. The zero-order chi connectivity index (χ0) is 12.1. The Morgan fingerprint density at radius 2 is 1.88 bits per heavy atom. The summed E-state index contributed by atoms with van der Waals surface area (Å²) in [6.07, 6.45) is 0. The fraction of sp³-hybridized carbons (Fsp3) is 0.417. The Bertz CT molecular complexity index is 348. The number of rotatable bonds is 4. The molecule has 0 radical (unpaired) electrons. The van der Waals surface area contributed by atoms with Gasteiger partial charge in [-0.3, -0.25) is 10.1 Å². The van der Waals surface area contributed by atoms with E-state index in [1.54, 1.807) is 19.1 Å². The molecule has 4 nitrogen and oxygen atoms in total. The van der Waals surface area contributed by atoms with E-state index in [4.69, 9.17) is 5.11 Å². The maximum Gasteiger partial charge on any atom is 0.322 e. The number of hydrogen-bond acceptors (Lipinski definition) is 4. The molecule has 0 fully saturated rings. The molecule has 1 unspecified atom stereocenters. The third kappa shape index (κ3) is 3.24. The quantitative estimate of drug-likeness (QED) is 0.761. The highest BCUT2D eigenvalue weighted by Gasteiger charge is 2.16. The van der Waals surface area contributed by atoms with Gasteiger partial charge in [0.25, 0.3) is 0 Å². The second-order valence-corrected chi connectivity index (χ2v) is 3.72. The number of phenols is 1. The maximum atomic E-state index is 11.2. The number of carbonyl (C=O) groups excluding carboxylic acids is 1. The van der Waals surface area contributed by atoms with E-state index in [0.29, 0.717) is 0 Å². The Kier molecular flexibility index (Phi) is 4.31. The summed E-state index contributed by atoms with van der Waals surface area (Å²) in [6.45, 7) is 3.70. The van der Waals surface area contributed by atoms with Crippen molar-refractivity contribution in [2.45, 2.75) is 25.9 Å². The molecule has 88 valence electrons. The molecule has 16 heavy (non-hydrogen) atoms. The molecule has 0 amide bonds. The number of aromatic hydroxyl groups is 1. The van der Waals surface area contributed by atoms with Crippen molar-refractivity contribution in [3.63, 3.8) is 0 Å². The van der Waals surface area contributed by atoms with E-state index in [-0.39, 0.29) is 23.8 Å². The molecule has 0 heterocycles. The first-order chi connectivity index (χ1) is 7.54. The Morgan fingerprint density at radius 3 is 2.38 bits per heavy atom. The topological polar surface area (TPSA) is 58.6 Å². The summed E-state index contributed by atoms with van der Waals surface area (Å²) in [6, 6.07) is 6.55. The first kappa shape index (κ1) is 12.5. The first-order valence-corrected chi connectivity index (χ1v) is 5.17. The van der Waals surface area contributed by atoms with Crippen LogP contribution in [-0.4, -0.2) is 24.2 Å². The van der Waals surface area contributed by atoms with Gasteiger partial charge in [0.15, 0.2) is 0 Å². The molecule has 0 bridgehead atoms. The van der Waals surface area contributed by atoms with E-state index in [0.717, 1.165) is 5.56 Å². The lowest BCUT2D eigenvalue weighted by molar-refractivity contribution is -0.142. The molecular formula is C12H17NO3. The zero-order valence-corrected chi connectivity index (χ0v) is 9.73. The number of phenolic OH excluding ortho intramolecular Hbond substituents is 1. The standard InChI is InChI=1S/C12H17NO3/c1-8(13-9(2)12(15)16-3)10-4-6-11(14)7-5-10/h4-9,13-14H,1-3H3/t8?,9-/m0/s1. The third-order valence-corrected chi connectivity index (χ3v) is 2.45. The van der Waals surface area contributed by atoms with Crippen LogP contribution in [0, 0.1) is 0 Å². The number of ether oxygens (including phenoxy) is 1. The number of benzene rings is 1. The highest BCUT2D eigenvalue weighted by Crippen LogP contribution is 2.16. The number of methoxy groups -OCH3 is 1. The summed E-state index contributed by atoms with van der Waals surface area (Å²) in [7, 11) is 1.37. The van der Waals surface area contributed by atoms with Gasteiger partial charge in [-0.05, 0) is 31.5 Å². The van der Waals surface area contributed by atoms with Crippen molar-refractivity contribution in [2.75, 3.05) is 7.11 Å². The minimum atomic E-state index is -0.353. The Hall–Kier alpha value is -1.55. The SMILES string of the molecule is COC(=O)[C@H](C)NC(C)c1ccc(O)cc1. The van der Waals surface area contributed by atoms with Crippen molar-refractivity contribution >= 4 is 5.97 Å². The summed E-state index contributed by atoms with van der Waals surface area (Å²) >= 11 is 0. The van der Waals surface area contributed by atoms with Crippen LogP contribution in [0.1, 0.15) is 25.5 Å². The van der Waals surface area contributed by atoms with Gasteiger partial charge < -0.3 is 9.84 Å². The van der Waals surface area contributed by atoms with Crippen molar-refractivity contribution in [1.29, 1.82) is 0 Å². The molecule has 1 rings (SSSR count). The van der Waals surface area contributed by atoms with Crippen molar-refractivity contribution < 1.29 is 14.6 Å². The average molecular weight is 223 g/mol. The smallest absolute Gasteiger partial charge is 0.322 e. The summed E-state index contributed by atoms with van der Waals surface area (Å²) in [4.78, 5) is 11.2. The molecule has 0 saturated heterocycles. The van der Waals surface area contributed by atoms with E-state index in [1.165, 1.54) is 7.11 Å². The normalized spacial score (nSPS) is 14.2. The van der Waals surface area contributed by atoms with Crippen molar-refractivity contribution in [1.82, 2.24) is 5.32 Å². The van der Waals surface area contributed by atoms with Gasteiger partial charge in [-0.25, -0.2) is 0 Å². The second kappa shape index (κ2) is 5.51. The van der Waals surface area contributed by atoms with Crippen LogP contribution in [0.3, 0.4) is 0 Å². The summed E-state index contributed by atoms with van der Waals surface area (Å²) in [5, 5.41) is 12.3. The molecule has 0 saturated carbocycles. The molecule has 1 aromatic carbocycles. The minimum absolute atomic E-state index is 0.0229. The Balaban J connectivity index is 2.61. The van der Waals surface area contributed by atoms with Crippen LogP contribution in [0.2, 0.25) is 0 Å². The van der Waals surface area contributed by atoms with Gasteiger partial charge in [-0.15, -0.1) is 0 Å². The monoisotopic (exact) mass is 223 g/mol. The molecule has 2 atom stereocenters. The van der Waals surface area contributed by atoms with Crippen LogP contribution in [-0.2, 0) is 9.53 Å². The largest absolute Gasteiger partial charge is 0.508 e. The zero-order valence-electron chi connectivity index (χ0n) is 9.73. The van der Waals surface area contributed by atoms with Gasteiger partial charge in [0.2, 0.25) is 0 Å². The minimum Gasteiger partial charge on any atom is -0.508 e. The van der Waals surface area contributed by atoms with Gasteiger partial charge >= 0.3 is 5.97 Å². The highest BCUT2D eigenvalue weighted by atomic mass is 16.5. The summed E-state index contributed by atoms with van der Waals surface area (Å²) in [5.74, 6) is -0.0532. The molecular weight excluding hydrogens is 206 g/mol. The van der Waals surface area contributed by atoms with Crippen molar-refractivity contribution in [3.8, 4) is 5.75 Å². The molecule has 2 N–H and O–H groups in total. The van der Waals surface area contributed by atoms with Gasteiger partial charge in [0.1, 0.15) is 11.8 Å². The molecule has 4 heteroatoms. The maximum absolute atomic E-state index is 11.2. The summed E-state index contributed by atoms with van der Waals surface area (Å²) in [5.41, 5.74) is 1.01. The van der Waals surface area contributed by atoms with Gasteiger partial charge in [0, 0.05) is 6.04 Å². The lowest BCUT2D eigenvalue weighted by Gasteiger charge is -2.18. The first-order valence-electron chi connectivity index (χ1n) is 5.17. The van der Waals surface area contributed by atoms with Crippen LogP contribution in [0.4, 0.5) is 0 Å². The van der Waals surface area contributed by atoms with Gasteiger partial charge in [0.05, 0.1) is 7.11 Å². The summed E-state index contributed by atoms with van der Waals surface area (Å²) < 4.78 is 4.63. The highest BCUT2D eigenvalue weighted by molar-refractivity contribution is 5.75. The number of hydrogen-bond donors (Lipinski definition) is 2. The number of carbonyl (C=O) groups is 1. The molecule has 1 aromatic rings. The molecule has 0 aliphatic heterocycles. The lowest BCUT2D eigenvalue weighted by atomic mass is 10.1. The fourth-order valence-electron chi connectivity index (χ4n) is 1.48. The van der Waals surface area contributed by atoms with Gasteiger partial charge in [-0.1, -0.05) is 12.1 Å². The fourth-order valence-corrected chi connectivity index (χ4v) is 1.48. The predicted molar refractivity (Wildman–Crippen MR) is 61.1 cm³/mol. The van der Waals surface area contributed by atoms with Crippen LogP contribution in [0.15, 0.2) is 24.3 Å². The van der Waals surface area contributed by atoms with Crippen molar-refractivity contribution in [2.24, 2.45) is 0 Å². The predicted octanol–water partition coefficient (Wildman–Crippen LogP) is 1.60. The van der Waals surface area contributed by atoms with Gasteiger partial charge in [-0.2, -0.15) is 0 Å². The van der Waals surface area contributed by atoms with E-state index in [9.17, 15) is 4.79 Å². The van der Waals surface area contributed by atoms with E-state index in [1.807, 2.05) is 19.1 Å². The molecule has 0 spiro atoms. The van der Waals surface area contributed by atoms with E-state index < -0.39 is 0 Å². The van der Waals surface area contributed by atoms with Crippen LogP contribution in [0.25, 0.3) is 0 Å². The lowest BCUT2D eigenvalue weighted by Crippen LogP contribution is -2.36. The number of esters is 1. The van der Waals surface area contributed by atoms with Crippen molar-refractivity contribution in [3.05, 3.63) is 29.8 Å². The average Bonchev–Trinajstić information content (AvgIpc) is 2.28. The molecule has 0 aliphatic carbocycles. The van der Waals surface area contributed by atoms with Crippen LogP contribution >= 0.6 is 0 Å². The van der Waals surface area contributed by atoms with E-state index in [2.05, 4.69) is 10.1 Å². The Labute approximate surface area is 95.2 Å². The molecule has 0 aromatic heterocycles.